The number of nitrogens with zero attached hydrogens (tertiary/aromatic N) is 2. The summed E-state index contributed by atoms with van der Waals surface area (Å²) in [6, 6.07) is 2.65. The van der Waals surface area contributed by atoms with E-state index in [2.05, 4.69) is 10.3 Å². The molecule has 0 aromatic carbocycles. The molecule has 0 aliphatic carbocycles. The molecule has 0 aliphatic rings. The van der Waals surface area contributed by atoms with Gasteiger partial charge in [-0.05, 0) is 12.1 Å². The van der Waals surface area contributed by atoms with E-state index >= 15 is 0 Å². The Morgan fingerprint density at radius 3 is 2.65 bits per heavy atom. The first-order valence-corrected chi connectivity index (χ1v) is 6.03. The number of hydrogen-bond acceptors (Lipinski definition) is 4. The average molecular weight is 279 g/mol. The van der Waals surface area contributed by atoms with Crippen LogP contribution < -0.4 is 5.32 Å². The fourth-order valence-corrected chi connectivity index (χ4v) is 1.72. The molecule has 1 atom stereocenters. The molecule has 0 bridgehead atoms. The number of nitrogens with one attached hydrogen (secondary N) is 1. The Hall–Kier alpha value is -2.44. The Bertz CT molecular complexity index is 530. The zero-order chi connectivity index (χ0) is 15.3. The van der Waals surface area contributed by atoms with Crippen LogP contribution in [0.5, 0.6) is 0 Å². The van der Waals surface area contributed by atoms with Gasteiger partial charge in [-0.15, -0.1) is 0 Å². The molecule has 20 heavy (non-hydrogen) atoms. The SMILES string of the molecule is CNC(=O)C(C)CN(C)C(=O)c1ccnc(C(=O)O)c1. The molecule has 0 saturated heterocycles. The second kappa shape index (κ2) is 6.65. The number of hydrogen-bond donors (Lipinski definition) is 2. The number of amides is 2. The van der Waals surface area contributed by atoms with Gasteiger partial charge in [-0.25, -0.2) is 9.78 Å². The largest absolute Gasteiger partial charge is 0.477 e. The van der Waals surface area contributed by atoms with Crippen molar-refractivity contribution in [2.24, 2.45) is 5.92 Å². The highest BCUT2D eigenvalue weighted by Crippen LogP contribution is 2.07. The molecule has 0 radical (unpaired) electrons. The van der Waals surface area contributed by atoms with Crippen LogP contribution in [-0.2, 0) is 4.79 Å². The second-order valence-electron chi connectivity index (χ2n) is 4.44. The molecule has 1 heterocycles. The first-order chi connectivity index (χ1) is 9.36. The lowest BCUT2D eigenvalue weighted by Gasteiger charge is -2.20. The van der Waals surface area contributed by atoms with Crippen LogP contribution in [0.25, 0.3) is 0 Å². The standard InChI is InChI=1S/C13H17N3O4/c1-8(11(17)14-2)7-16(3)12(18)9-4-5-15-10(6-9)13(19)20/h4-6,8H,7H2,1-3H3,(H,14,17)(H,19,20). The Labute approximate surface area is 116 Å². The number of carboxylic acid groups (broad SMARTS) is 1. The Morgan fingerprint density at radius 2 is 2.10 bits per heavy atom. The molecular weight excluding hydrogens is 262 g/mol. The lowest BCUT2D eigenvalue weighted by atomic mass is 10.1. The van der Waals surface area contributed by atoms with Gasteiger partial charge in [0.15, 0.2) is 0 Å². The van der Waals surface area contributed by atoms with Gasteiger partial charge in [-0.2, -0.15) is 0 Å². The maximum Gasteiger partial charge on any atom is 0.354 e. The third-order valence-electron chi connectivity index (χ3n) is 2.81. The van der Waals surface area contributed by atoms with Gasteiger partial charge in [0.05, 0.1) is 5.92 Å². The molecule has 0 fully saturated rings. The molecule has 1 unspecified atom stereocenters. The van der Waals surface area contributed by atoms with Crippen LogP contribution in [0.1, 0.15) is 27.8 Å². The molecule has 0 saturated carbocycles. The minimum absolute atomic E-state index is 0.161. The summed E-state index contributed by atoms with van der Waals surface area (Å²) < 4.78 is 0. The maximum absolute atomic E-state index is 12.1. The average Bonchev–Trinajstić information content (AvgIpc) is 2.45. The van der Waals surface area contributed by atoms with E-state index < -0.39 is 5.97 Å². The van der Waals surface area contributed by atoms with Crippen LogP contribution in [0.4, 0.5) is 0 Å². The fraction of sp³-hybridized carbons (Fsp3) is 0.385. The van der Waals surface area contributed by atoms with E-state index in [1.165, 1.54) is 30.3 Å². The van der Waals surface area contributed by atoms with E-state index in [1.54, 1.807) is 14.0 Å². The van der Waals surface area contributed by atoms with Crippen molar-refractivity contribution in [2.45, 2.75) is 6.92 Å². The smallest absolute Gasteiger partial charge is 0.354 e. The zero-order valence-electron chi connectivity index (χ0n) is 11.6. The summed E-state index contributed by atoms with van der Waals surface area (Å²) in [5.41, 5.74) is 0.0348. The summed E-state index contributed by atoms with van der Waals surface area (Å²) in [4.78, 5) is 39.4. The van der Waals surface area contributed by atoms with Crippen molar-refractivity contribution in [2.75, 3.05) is 20.6 Å². The molecule has 2 amide bonds. The normalized spacial score (nSPS) is 11.6. The zero-order valence-corrected chi connectivity index (χ0v) is 11.6. The summed E-state index contributed by atoms with van der Waals surface area (Å²) in [7, 11) is 3.09. The topological polar surface area (TPSA) is 99.6 Å². The van der Waals surface area contributed by atoms with Gasteiger partial charge in [0, 0.05) is 32.4 Å². The van der Waals surface area contributed by atoms with Crippen LogP contribution in [0.3, 0.4) is 0 Å². The summed E-state index contributed by atoms with van der Waals surface area (Å²) in [5, 5.41) is 11.3. The van der Waals surface area contributed by atoms with Gasteiger partial charge < -0.3 is 15.3 Å². The Balaban J connectivity index is 2.81. The number of aromatic carboxylic acids is 1. The summed E-state index contributed by atoms with van der Waals surface area (Å²) in [6.07, 6.45) is 1.27. The minimum atomic E-state index is -1.19. The highest BCUT2D eigenvalue weighted by Gasteiger charge is 2.19. The predicted octanol–water partition coefficient (Wildman–Crippen LogP) is 0.234. The molecule has 7 heteroatoms. The number of pyridine rings is 1. The second-order valence-corrected chi connectivity index (χ2v) is 4.44. The van der Waals surface area contributed by atoms with Crippen molar-refractivity contribution in [1.29, 1.82) is 0 Å². The molecule has 1 aromatic heterocycles. The number of carbonyl (C=O) groups excluding carboxylic acids is 2. The fourth-order valence-electron chi connectivity index (χ4n) is 1.72. The van der Waals surface area contributed by atoms with E-state index in [-0.39, 0.29) is 35.5 Å². The summed E-state index contributed by atoms with van der Waals surface area (Å²) in [6.45, 7) is 1.95. The molecule has 2 N–H and O–H groups in total. The predicted molar refractivity (Wildman–Crippen MR) is 71.4 cm³/mol. The van der Waals surface area contributed by atoms with Crippen molar-refractivity contribution >= 4 is 17.8 Å². The van der Waals surface area contributed by atoms with Crippen LogP contribution in [0, 0.1) is 5.92 Å². The monoisotopic (exact) mass is 279 g/mol. The van der Waals surface area contributed by atoms with Crippen LogP contribution >= 0.6 is 0 Å². The molecule has 1 aromatic rings. The number of rotatable bonds is 5. The highest BCUT2D eigenvalue weighted by atomic mass is 16.4. The highest BCUT2D eigenvalue weighted by molar-refractivity contribution is 5.96. The van der Waals surface area contributed by atoms with Crippen LogP contribution in [0.2, 0.25) is 0 Å². The number of carbonyl (C=O) groups is 3. The van der Waals surface area contributed by atoms with Crippen molar-refractivity contribution in [1.82, 2.24) is 15.2 Å². The molecule has 1 rings (SSSR count). The van der Waals surface area contributed by atoms with Crippen molar-refractivity contribution < 1.29 is 19.5 Å². The van der Waals surface area contributed by atoms with E-state index in [0.717, 1.165) is 0 Å². The molecule has 7 nitrogen and oxygen atoms in total. The first-order valence-electron chi connectivity index (χ1n) is 6.03. The molecule has 0 spiro atoms. The lowest BCUT2D eigenvalue weighted by molar-refractivity contribution is -0.124. The van der Waals surface area contributed by atoms with Crippen LogP contribution in [-0.4, -0.2) is 53.4 Å². The summed E-state index contributed by atoms with van der Waals surface area (Å²) in [5.74, 6) is -2.06. The van der Waals surface area contributed by atoms with Gasteiger partial charge in [-0.3, -0.25) is 9.59 Å². The summed E-state index contributed by atoms with van der Waals surface area (Å²) >= 11 is 0. The molecular formula is C13H17N3O4. The van der Waals surface area contributed by atoms with Crippen molar-refractivity contribution in [3.63, 3.8) is 0 Å². The van der Waals surface area contributed by atoms with Crippen LogP contribution in [0.15, 0.2) is 18.3 Å². The quantitative estimate of drug-likeness (QED) is 0.804. The number of carboxylic acids is 1. The van der Waals surface area contributed by atoms with Gasteiger partial charge in [0.2, 0.25) is 5.91 Å². The third-order valence-corrected chi connectivity index (χ3v) is 2.81. The number of aromatic nitrogens is 1. The van der Waals surface area contributed by atoms with E-state index in [1.807, 2.05) is 0 Å². The Kier molecular flexibility index (Phi) is 5.19. The van der Waals surface area contributed by atoms with Gasteiger partial charge >= 0.3 is 5.97 Å². The first kappa shape index (κ1) is 15.6. The van der Waals surface area contributed by atoms with E-state index in [9.17, 15) is 14.4 Å². The van der Waals surface area contributed by atoms with Crippen molar-refractivity contribution in [3.05, 3.63) is 29.6 Å². The molecule has 108 valence electrons. The van der Waals surface area contributed by atoms with Gasteiger partial charge in [0.1, 0.15) is 5.69 Å². The minimum Gasteiger partial charge on any atom is -0.477 e. The van der Waals surface area contributed by atoms with Gasteiger partial charge in [0.25, 0.3) is 5.91 Å². The molecule has 0 aliphatic heterocycles. The van der Waals surface area contributed by atoms with Gasteiger partial charge in [-0.1, -0.05) is 6.92 Å². The van der Waals surface area contributed by atoms with Crippen molar-refractivity contribution in [3.8, 4) is 0 Å². The Morgan fingerprint density at radius 1 is 1.45 bits per heavy atom. The van der Waals surface area contributed by atoms with E-state index in [0.29, 0.717) is 0 Å². The van der Waals surface area contributed by atoms with E-state index in [4.69, 9.17) is 5.11 Å². The third kappa shape index (κ3) is 3.78. The lowest BCUT2D eigenvalue weighted by Crippen LogP contribution is -2.37. The maximum atomic E-state index is 12.1.